The Balaban J connectivity index is 2.04. The standard InChI is InChI=1S/C16H17BrO3/c1-16(2,15(18)19)7-8-20-14-6-4-11-9-13(17)5-3-12(11)10-14/h3-6,9-10H,7-8H2,1-2H3,(H,18,19). The number of carbonyl (C=O) groups is 1. The van der Waals surface area contributed by atoms with Crippen LogP contribution >= 0.6 is 15.9 Å². The van der Waals surface area contributed by atoms with Gasteiger partial charge in [-0.3, -0.25) is 4.79 Å². The van der Waals surface area contributed by atoms with E-state index in [0.29, 0.717) is 13.0 Å². The molecule has 1 N–H and O–H groups in total. The van der Waals surface area contributed by atoms with Gasteiger partial charge in [0.2, 0.25) is 0 Å². The molecule has 0 atom stereocenters. The highest BCUT2D eigenvalue weighted by Crippen LogP contribution is 2.25. The fourth-order valence-corrected chi connectivity index (χ4v) is 2.19. The first-order valence-corrected chi connectivity index (χ1v) is 7.23. The quantitative estimate of drug-likeness (QED) is 0.875. The van der Waals surface area contributed by atoms with Gasteiger partial charge in [-0.05, 0) is 55.3 Å². The molecule has 0 heterocycles. The van der Waals surface area contributed by atoms with Gasteiger partial charge in [-0.2, -0.15) is 0 Å². The second kappa shape index (κ2) is 5.83. The van der Waals surface area contributed by atoms with Crippen molar-refractivity contribution in [1.82, 2.24) is 0 Å². The van der Waals surface area contributed by atoms with Gasteiger partial charge in [0.1, 0.15) is 5.75 Å². The Labute approximate surface area is 126 Å². The van der Waals surface area contributed by atoms with Crippen molar-refractivity contribution in [3.63, 3.8) is 0 Å². The van der Waals surface area contributed by atoms with Gasteiger partial charge in [0.25, 0.3) is 0 Å². The molecule has 0 aromatic heterocycles. The fraction of sp³-hybridized carbons (Fsp3) is 0.312. The molecular formula is C16H17BrO3. The second-order valence-electron chi connectivity index (χ2n) is 5.44. The highest BCUT2D eigenvalue weighted by Gasteiger charge is 2.26. The summed E-state index contributed by atoms with van der Waals surface area (Å²) in [4.78, 5) is 11.0. The molecule has 20 heavy (non-hydrogen) atoms. The van der Waals surface area contributed by atoms with Crippen LogP contribution in [0.5, 0.6) is 5.75 Å². The summed E-state index contributed by atoms with van der Waals surface area (Å²) in [6.07, 6.45) is 0.473. The van der Waals surface area contributed by atoms with Gasteiger partial charge in [0.15, 0.2) is 0 Å². The van der Waals surface area contributed by atoms with Crippen molar-refractivity contribution >= 4 is 32.7 Å². The first-order chi connectivity index (χ1) is 9.38. The Morgan fingerprint density at radius 3 is 2.55 bits per heavy atom. The summed E-state index contributed by atoms with van der Waals surface area (Å²) in [5.41, 5.74) is -0.762. The molecule has 0 radical (unpaired) electrons. The molecule has 0 aliphatic rings. The number of carboxylic acids is 1. The van der Waals surface area contributed by atoms with Crippen molar-refractivity contribution in [2.24, 2.45) is 5.41 Å². The van der Waals surface area contributed by atoms with Crippen LogP contribution < -0.4 is 4.74 Å². The molecule has 0 bridgehead atoms. The zero-order valence-corrected chi connectivity index (χ0v) is 13.1. The van der Waals surface area contributed by atoms with Crippen LogP contribution in [0, 0.1) is 5.41 Å². The number of ether oxygens (including phenoxy) is 1. The molecule has 3 nitrogen and oxygen atoms in total. The van der Waals surface area contributed by atoms with Crippen LogP contribution in [-0.4, -0.2) is 17.7 Å². The van der Waals surface area contributed by atoms with Crippen LogP contribution in [0.3, 0.4) is 0 Å². The topological polar surface area (TPSA) is 46.5 Å². The normalized spacial score (nSPS) is 11.6. The maximum atomic E-state index is 11.0. The molecule has 2 aromatic carbocycles. The van der Waals surface area contributed by atoms with Crippen LogP contribution in [-0.2, 0) is 4.79 Å². The van der Waals surface area contributed by atoms with Crippen molar-refractivity contribution in [2.45, 2.75) is 20.3 Å². The number of carboxylic acid groups (broad SMARTS) is 1. The largest absolute Gasteiger partial charge is 0.494 e. The third-order valence-corrected chi connectivity index (χ3v) is 3.84. The molecule has 0 fully saturated rings. The number of aliphatic carboxylic acids is 1. The predicted octanol–water partition coefficient (Wildman–Crippen LogP) is 4.48. The zero-order valence-electron chi connectivity index (χ0n) is 11.5. The van der Waals surface area contributed by atoms with E-state index in [1.807, 2.05) is 36.4 Å². The minimum atomic E-state index is -0.801. The van der Waals surface area contributed by atoms with Gasteiger partial charge in [-0.15, -0.1) is 0 Å². The molecule has 0 aliphatic heterocycles. The Bertz CT molecular complexity index is 635. The molecule has 2 rings (SSSR count). The number of benzene rings is 2. The molecule has 2 aromatic rings. The molecule has 0 amide bonds. The van der Waals surface area contributed by atoms with Crippen LogP contribution in [0.15, 0.2) is 40.9 Å². The van der Waals surface area contributed by atoms with E-state index >= 15 is 0 Å². The van der Waals surface area contributed by atoms with Crippen LogP contribution in [0.25, 0.3) is 10.8 Å². The summed E-state index contributed by atoms with van der Waals surface area (Å²) in [6, 6.07) is 11.9. The predicted molar refractivity (Wildman–Crippen MR) is 83.2 cm³/mol. The summed E-state index contributed by atoms with van der Waals surface area (Å²) in [6.45, 7) is 3.80. The minimum Gasteiger partial charge on any atom is -0.494 e. The van der Waals surface area contributed by atoms with Crippen LogP contribution in [0.2, 0.25) is 0 Å². The van der Waals surface area contributed by atoms with Gasteiger partial charge in [0, 0.05) is 4.47 Å². The smallest absolute Gasteiger partial charge is 0.309 e. The molecule has 106 valence electrons. The van der Waals surface area contributed by atoms with Crippen molar-refractivity contribution in [3.05, 3.63) is 40.9 Å². The summed E-state index contributed by atoms with van der Waals surface area (Å²) < 4.78 is 6.70. The van der Waals surface area contributed by atoms with E-state index in [1.165, 1.54) is 0 Å². The SMILES string of the molecule is CC(C)(CCOc1ccc2cc(Br)ccc2c1)C(=O)O. The van der Waals surface area contributed by atoms with E-state index in [1.54, 1.807) is 13.8 Å². The second-order valence-corrected chi connectivity index (χ2v) is 6.36. The van der Waals surface area contributed by atoms with E-state index in [-0.39, 0.29) is 0 Å². The lowest BCUT2D eigenvalue weighted by atomic mass is 9.90. The van der Waals surface area contributed by atoms with Crippen LogP contribution in [0.1, 0.15) is 20.3 Å². The lowest BCUT2D eigenvalue weighted by Gasteiger charge is -2.19. The number of halogens is 1. The number of hydrogen-bond acceptors (Lipinski definition) is 2. The van der Waals surface area contributed by atoms with Crippen molar-refractivity contribution in [3.8, 4) is 5.75 Å². The Kier molecular flexibility index (Phi) is 4.33. The van der Waals surface area contributed by atoms with Gasteiger partial charge in [-0.1, -0.05) is 28.1 Å². The Morgan fingerprint density at radius 2 is 1.85 bits per heavy atom. The van der Waals surface area contributed by atoms with Gasteiger partial charge >= 0.3 is 5.97 Å². The Hall–Kier alpha value is -1.55. The van der Waals surface area contributed by atoms with E-state index in [2.05, 4.69) is 15.9 Å². The molecule has 0 saturated carbocycles. The Morgan fingerprint density at radius 1 is 1.20 bits per heavy atom. The van der Waals surface area contributed by atoms with Crippen molar-refractivity contribution in [2.75, 3.05) is 6.61 Å². The third kappa shape index (κ3) is 3.51. The maximum Gasteiger partial charge on any atom is 0.309 e. The molecule has 0 unspecified atom stereocenters. The van der Waals surface area contributed by atoms with E-state index < -0.39 is 11.4 Å². The number of fused-ring (bicyclic) bond motifs is 1. The highest BCUT2D eigenvalue weighted by atomic mass is 79.9. The summed E-state index contributed by atoms with van der Waals surface area (Å²) >= 11 is 3.44. The molecular weight excluding hydrogens is 320 g/mol. The van der Waals surface area contributed by atoms with Crippen molar-refractivity contribution in [1.29, 1.82) is 0 Å². The average molecular weight is 337 g/mol. The van der Waals surface area contributed by atoms with E-state index in [4.69, 9.17) is 9.84 Å². The van der Waals surface area contributed by atoms with Gasteiger partial charge in [-0.25, -0.2) is 0 Å². The monoisotopic (exact) mass is 336 g/mol. The fourth-order valence-electron chi connectivity index (χ4n) is 1.82. The molecule has 0 saturated heterocycles. The van der Waals surface area contributed by atoms with Crippen LogP contribution in [0.4, 0.5) is 0 Å². The summed E-state index contributed by atoms with van der Waals surface area (Å²) in [5.74, 6) is -0.0366. The van der Waals surface area contributed by atoms with E-state index in [0.717, 1.165) is 21.0 Å². The zero-order chi connectivity index (χ0) is 14.8. The average Bonchev–Trinajstić information content (AvgIpc) is 2.38. The lowest BCUT2D eigenvalue weighted by molar-refractivity contribution is -0.147. The van der Waals surface area contributed by atoms with Gasteiger partial charge < -0.3 is 9.84 Å². The third-order valence-electron chi connectivity index (χ3n) is 3.35. The molecule has 4 heteroatoms. The minimum absolute atomic E-state index is 0.390. The number of hydrogen-bond donors (Lipinski definition) is 1. The van der Waals surface area contributed by atoms with Crippen molar-refractivity contribution < 1.29 is 14.6 Å². The lowest BCUT2D eigenvalue weighted by Crippen LogP contribution is -2.25. The summed E-state index contributed by atoms with van der Waals surface area (Å²) in [7, 11) is 0. The number of rotatable bonds is 5. The van der Waals surface area contributed by atoms with E-state index in [9.17, 15) is 4.79 Å². The maximum absolute atomic E-state index is 11.0. The summed E-state index contributed by atoms with van der Waals surface area (Å²) in [5, 5.41) is 11.3. The van der Waals surface area contributed by atoms with Gasteiger partial charge in [0.05, 0.1) is 12.0 Å². The first-order valence-electron chi connectivity index (χ1n) is 6.44. The molecule has 0 spiro atoms. The highest BCUT2D eigenvalue weighted by molar-refractivity contribution is 9.10. The first kappa shape index (κ1) is 14.9. The molecule has 0 aliphatic carbocycles.